The third kappa shape index (κ3) is 3.27. The van der Waals surface area contributed by atoms with E-state index in [0.717, 1.165) is 10.0 Å². The maximum absolute atomic E-state index is 12.2. The Morgan fingerprint density at radius 2 is 2.10 bits per heavy atom. The minimum absolute atomic E-state index is 0.112. The first-order valence-corrected chi connectivity index (χ1v) is 6.89. The number of aromatic nitrogens is 1. The third-order valence-corrected chi connectivity index (χ3v) is 3.46. The number of halogens is 2. The lowest BCUT2D eigenvalue weighted by Crippen LogP contribution is -2.17. The summed E-state index contributed by atoms with van der Waals surface area (Å²) in [5.41, 5.74) is 4.11. The number of nitrogens with one attached hydrogen (secondary N) is 2. The van der Waals surface area contributed by atoms with E-state index in [1.54, 1.807) is 12.1 Å². The van der Waals surface area contributed by atoms with Crippen LogP contribution in [0.3, 0.4) is 0 Å². The van der Waals surface area contributed by atoms with Gasteiger partial charge < -0.3 is 10.7 Å². The SMILES string of the molecule is Cc1ccc(Br)cc1NC(=O)c1nc(NN)ccc1Cl. The van der Waals surface area contributed by atoms with E-state index in [0.29, 0.717) is 11.5 Å². The van der Waals surface area contributed by atoms with Gasteiger partial charge in [0.15, 0.2) is 0 Å². The van der Waals surface area contributed by atoms with Crippen LogP contribution in [0.2, 0.25) is 5.02 Å². The van der Waals surface area contributed by atoms with Crippen molar-refractivity contribution in [3.63, 3.8) is 0 Å². The molecule has 0 saturated heterocycles. The molecule has 20 heavy (non-hydrogen) atoms. The topological polar surface area (TPSA) is 80.0 Å². The molecule has 0 saturated carbocycles. The van der Waals surface area contributed by atoms with E-state index in [2.05, 4.69) is 31.7 Å². The molecule has 7 heteroatoms. The van der Waals surface area contributed by atoms with Gasteiger partial charge in [0.25, 0.3) is 5.91 Å². The van der Waals surface area contributed by atoms with Gasteiger partial charge in [-0.1, -0.05) is 33.6 Å². The second-order valence-electron chi connectivity index (χ2n) is 4.08. The first kappa shape index (κ1) is 14.8. The molecule has 0 radical (unpaired) electrons. The van der Waals surface area contributed by atoms with Crippen LogP contribution in [0.5, 0.6) is 0 Å². The van der Waals surface area contributed by atoms with Crippen molar-refractivity contribution in [3.8, 4) is 0 Å². The molecule has 0 aliphatic rings. The molecule has 0 atom stereocenters. The number of benzene rings is 1. The molecule has 0 spiro atoms. The molecule has 4 N–H and O–H groups in total. The van der Waals surface area contributed by atoms with E-state index in [1.807, 2.05) is 25.1 Å². The van der Waals surface area contributed by atoms with Gasteiger partial charge in [-0.3, -0.25) is 4.79 Å². The number of nitrogens with zero attached hydrogens (tertiary/aromatic N) is 1. The van der Waals surface area contributed by atoms with Crippen molar-refractivity contribution >= 4 is 44.9 Å². The smallest absolute Gasteiger partial charge is 0.275 e. The van der Waals surface area contributed by atoms with Crippen LogP contribution in [0, 0.1) is 6.92 Å². The van der Waals surface area contributed by atoms with Gasteiger partial charge in [0.05, 0.1) is 5.02 Å². The fourth-order valence-electron chi connectivity index (χ4n) is 1.59. The molecule has 0 unspecified atom stereocenters. The van der Waals surface area contributed by atoms with Gasteiger partial charge >= 0.3 is 0 Å². The van der Waals surface area contributed by atoms with E-state index in [-0.39, 0.29) is 10.7 Å². The van der Waals surface area contributed by atoms with Crippen LogP contribution in [0.15, 0.2) is 34.8 Å². The van der Waals surface area contributed by atoms with Gasteiger partial charge in [-0.05, 0) is 36.8 Å². The van der Waals surface area contributed by atoms with Gasteiger partial charge in [0, 0.05) is 10.2 Å². The molecule has 1 heterocycles. The summed E-state index contributed by atoms with van der Waals surface area (Å²) in [6, 6.07) is 8.75. The van der Waals surface area contributed by atoms with Gasteiger partial charge in [0.1, 0.15) is 11.5 Å². The normalized spacial score (nSPS) is 10.2. The van der Waals surface area contributed by atoms with Crippen LogP contribution in [0.1, 0.15) is 16.1 Å². The number of pyridine rings is 1. The molecule has 0 aliphatic carbocycles. The van der Waals surface area contributed by atoms with Crippen molar-refractivity contribution in [3.05, 3.63) is 51.1 Å². The Morgan fingerprint density at radius 3 is 2.80 bits per heavy atom. The Hall–Kier alpha value is -1.63. The van der Waals surface area contributed by atoms with Gasteiger partial charge in [-0.2, -0.15) is 0 Å². The maximum atomic E-state index is 12.2. The Balaban J connectivity index is 2.30. The highest BCUT2D eigenvalue weighted by Crippen LogP contribution is 2.23. The van der Waals surface area contributed by atoms with Gasteiger partial charge in [-0.15, -0.1) is 0 Å². The second kappa shape index (κ2) is 6.21. The van der Waals surface area contributed by atoms with Crippen molar-refractivity contribution in [2.45, 2.75) is 6.92 Å². The predicted molar refractivity (Wildman–Crippen MR) is 83.9 cm³/mol. The first-order valence-electron chi connectivity index (χ1n) is 5.72. The van der Waals surface area contributed by atoms with Crippen LogP contribution in [0.25, 0.3) is 0 Å². The first-order chi connectivity index (χ1) is 9.51. The highest BCUT2D eigenvalue weighted by Gasteiger charge is 2.14. The fourth-order valence-corrected chi connectivity index (χ4v) is 2.14. The van der Waals surface area contributed by atoms with E-state index in [1.165, 1.54) is 0 Å². The largest absolute Gasteiger partial charge is 0.320 e. The molecule has 1 aromatic carbocycles. The number of hydrogen-bond donors (Lipinski definition) is 3. The lowest BCUT2D eigenvalue weighted by atomic mass is 10.2. The number of aryl methyl sites for hydroxylation is 1. The molecule has 5 nitrogen and oxygen atoms in total. The van der Waals surface area contributed by atoms with Crippen LogP contribution in [-0.2, 0) is 0 Å². The molecule has 2 rings (SSSR count). The van der Waals surface area contributed by atoms with Crippen molar-refractivity contribution < 1.29 is 4.79 Å². The summed E-state index contributed by atoms with van der Waals surface area (Å²) in [6.07, 6.45) is 0. The van der Waals surface area contributed by atoms with Crippen LogP contribution in [-0.4, -0.2) is 10.9 Å². The molecular weight excluding hydrogens is 344 g/mol. The predicted octanol–water partition coefficient (Wildman–Crippen LogP) is 3.34. The summed E-state index contributed by atoms with van der Waals surface area (Å²) in [5, 5.41) is 3.03. The average Bonchev–Trinajstić information content (AvgIpc) is 2.43. The number of rotatable bonds is 3. The average molecular weight is 356 g/mol. The number of nitrogens with two attached hydrogens (primary N) is 1. The zero-order chi connectivity index (χ0) is 14.7. The standard InChI is InChI=1S/C13H12BrClN4O/c1-7-2-3-8(14)6-10(7)17-13(20)12-9(15)4-5-11(18-12)19-16/h2-6H,16H2,1H3,(H,17,20)(H,18,19). The number of hydrogen-bond acceptors (Lipinski definition) is 4. The van der Waals surface area contributed by atoms with Crippen LogP contribution in [0.4, 0.5) is 11.5 Å². The van der Waals surface area contributed by atoms with E-state index < -0.39 is 5.91 Å². The summed E-state index contributed by atoms with van der Waals surface area (Å²) >= 11 is 9.34. The highest BCUT2D eigenvalue weighted by atomic mass is 79.9. The summed E-state index contributed by atoms with van der Waals surface area (Å²) in [6.45, 7) is 1.90. The molecule has 1 amide bonds. The van der Waals surface area contributed by atoms with E-state index in [9.17, 15) is 4.79 Å². The number of carbonyl (C=O) groups is 1. The maximum Gasteiger partial charge on any atom is 0.275 e. The van der Waals surface area contributed by atoms with E-state index in [4.69, 9.17) is 17.4 Å². The van der Waals surface area contributed by atoms with Crippen molar-refractivity contribution in [2.24, 2.45) is 5.84 Å². The lowest BCUT2D eigenvalue weighted by Gasteiger charge is -2.10. The quantitative estimate of drug-likeness (QED) is 0.583. The fraction of sp³-hybridized carbons (Fsp3) is 0.0769. The number of amides is 1. The number of nitrogen functional groups attached to an aromatic ring is 1. The van der Waals surface area contributed by atoms with Crippen molar-refractivity contribution in [2.75, 3.05) is 10.7 Å². The van der Waals surface area contributed by atoms with Gasteiger partial charge in [-0.25, -0.2) is 10.8 Å². The molecular formula is C13H12BrClN4O. The van der Waals surface area contributed by atoms with Crippen LogP contribution >= 0.6 is 27.5 Å². The molecule has 0 aliphatic heterocycles. The van der Waals surface area contributed by atoms with Gasteiger partial charge in [0.2, 0.25) is 0 Å². The Kier molecular flexibility index (Phi) is 4.59. The summed E-state index contributed by atoms with van der Waals surface area (Å²) in [7, 11) is 0. The minimum Gasteiger partial charge on any atom is -0.320 e. The molecule has 0 bridgehead atoms. The lowest BCUT2D eigenvalue weighted by molar-refractivity contribution is 0.102. The Bertz CT molecular complexity index is 663. The van der Waals surface area contributed by atoms with E-state index >= 15 is 0 Å². The van der Waals surface area contributed by atoms with Crippen LogP contribution < -0.4 is 16.6 Å². The Labute approximate surface area is 129 Å². The Morgan fingerprint density at radius 1 is 1.35 bits per heavy atom. The van der Waals surface area contributed by atoms with Crippen molar-refractivity contribution in [1.82, 2.24) is 4.98 Å². The third-order valence-electron chi connectivity index (χ3n) is 2.66. The number of hydrazine groups is 1. The molecule has 1 aromatic heterocycles. The molecule has 104 valence electrons. The monoisotopic (exact) mass is 354 g/mol. The number of anilines is 2. The highest BCUT2D eigenvalue weighted by molar-refractivity contribution is 9.10. The molecule has 2 aromatic rings. The number of carbonyl (C=O) groups excluding carboxylic acids is 1. The zero-order valence-corrected chi connectivity index (χ0v) is 12.9. The second-order valence-corrected chi connectivity index (χ2v) is 5.41. The van der Waals surface area contributed by atoms with Crippen molar-refractivity contribution in [1.29, 1.82) is 0 Å². The zero-order valence-electron chi connectivity index (χ0n) is 10.6. The summed E-state index contributed by atoms with van der Waals surface area (Å²) < 4.78 is 0.870. The summed E-state index contributed by atoms with van der Waals surface area (Å²) in [5.74, 6) is 5.24. The minimum atomic E-state index is -0.395. The molecule has 0 fully saturated rings. The summed E-state index contributed by atoms with van der Waals surface area (Å²) in [4.78, 5) is 16.3.